The van der Waals surface area contributed by atoms with Gasteiger partial charge in [-0.15, -0.1) is 0 Å². The summed E-state index contributed by atoms with van der Waals surface area (Å²) in [5.41, 5.74) is 0.999. The molecule has 3 heterocycles. The summed E-state index contributed by atoms with van der Waals surface area (Å²) in [5, 5.41) is 16.4. The summed E-state index contributed by atoms with van der Waals surface area (Å²) in [6.45, 7) is 0.738. The lowest BCUT2D eigenvalue weighted by Crippen LogP contribution is -2.60. The van der Waals surface area contributed by atoms with Crippen molar-refractivity contribution in [1.29, 1.82) is 0 Å². The number of carbonyl (C=O) groups is 1. The van der Waals surface area contributed by atoms with E-state index in [0.29, 0.717) is 13.2 Å². The van der Waals surface area contributed by atoms with E-state index in [1.807, 2.05) is 30.3 Å². The molecule has 3 N–H and O–H groups in total. The monoisotopic (exact) mass is 344 g/mol. The molecule has 4 rings (SSSR count). The zero-order valence-corrected chi connectivity index (χ0v) is 13.5. The Labute approximate surface area is 144 Å². The van der Waals surface area contributed by atoms with Gasteiger partial charge in [-0.05, 0) is 5.56 Å². The van der Waals surface area contributed by atoms with E-state index in [1.54, 1.807) is 23.3 Å². The molecule has 0 aliphatic carbocycles. The molecule has 1 aromatic carbocycles. The highest BCUT2D eigenvalue weighted by molar-refractivity contribution is 5.74. The van der Waals surface area contributed by atoms with Crippen molar-refractivity contribution in [1.82, 2.24) is 20.2 Å². The number of aromatic nitrogens is 2. The Hall–Kier alpha value is -2.42. The van der Waals surface area contributed by atoms with E-state index < -0.39 is 24.5 Å². The highest BCUT2D eigenvalue weighted by atomic mass is 16.7. The summed E-state index contributed by atoms with van der Waals surface area (Å²) >= 11 is 0. The van der Waals surface area contributed by atoms with Gasteiger partial charge in [0.05, 0.1) is 19.0 Å². The number of ether oxygens (including phenoxy) is 2. The predicted molar refractivity (Wildman–Crippen MR) is 87.5 cm³/mol. The molecule has 2 bridgehead atoms. The summed E-state index contributed by atoms with van der Waals surface area (Å²) < 4.78 is 13.2. The predicted octanol–water partition coefficient (Wildman–Crippen LogP) is 0.408. The third-order valence-corrected chi connectivity index (χ3v) is 4.59. The number of amides is 2. The number of hydrogen-bond donors (Lipinski definition) is 3. The Morgan fingerprint density at radius 2 is 2.20 bits per heavy atom. The second kappa shape index (κ2) is 6.83. The maximum atomic E-state index is 12.2. The summed E-state index contributed by atoms with van der Waals surface area (Å²) in [5.74, 6) is 0. The fourth-order valence-electron chi connectivity index (χ4n) is 3.32. The van der Waals surface area contributed by atoms with Gasteiger partial charge >= 0.3 is 6.03 Å². The zero-order valence-electron chi connectivity index (χ0n) is 13.5. The van der Waals surface area contributed by atoms with Crippen LogP contribution in [0, 0.1) is 0 Å². The minimum atomic E-state index is -0.845. The van der Waals surface area contributed by atoms with Crippen LogP contribution in [0.25, 0.3) is 0 Å². The molecule has 8 heteroatoms. The maximum absolute atomic E-state index is 12.2. The zero-order chi connectivity index (χ0) is 17.2. The van der Waals surface area contributed by atoms with Gasteiger partial charge in [0.1, 0.15) is 18.2 Å². The summed E-state index contributed by atoms with van der Waals surface area (Å²) in [6.07, 6.45) is 3.21. The fraction of sp³-hybridized carbons (Fsp3) is 0.412. The minimum absolute atomic E-state index is 0.330. The molecular formula is C17H20N4O4. The van der Waals surface area contributed by atoms with Crippen LogP contribution in [0.2, 0.25) is 0 Å². The van der Waals surface area contributed by atoms with Gasteiger partial charge in [0, 0.05) is 18.9 Å². The maximum Gasteiger partial charge on any atom is 0.315 e. The Morgan fingerprint density at radius 1 is 1.36 bits per heavy atom. The van der Waals surface area contributed by atoms with E-state index in [-0.39, 0.29) is 12.1 Å². The van der Waals surface area contributed by atoms with Crippen molar-refractivity contribution in [3.63, 3.8) is 0 Å². The van der Waals surface area contributed by atoms with E-state index in [9.17, 15) is 9.90 Å². The van der Waals surface area contributed by atoms with Crippen molar-refractivity contribution >= 4 is 6.03 Å². The third kappa shape index (κ3) is 3.23. The number of hydrogen-bond acceptors (Lipinski definition) is 5. The van der Waals surface area contributed by atoms with Gasteiger partial charge in [-0.3, -0.25) is 0 Å². The quantitative estimate of drug-likeness (QED) is 0.746. The van der Waals surface area contributed by atoms with Gasteiger partial charge in [0.15, 0.2) is 6.29 Å². The van der Waals surface area contributed by atoms with Crippen molar-refractivity contribution in [3.05, 3.63) is 54.6 Å². The van der Waals surface area contributed by atoms with Gasteiger partial charge in [-0.25, -0.2) is 9.78 Å². The van der Waals surface area contributed by atoms with Crippen molar-refractivity contribution in [2.24, 2.45) is 0 Å². The second-order valence-electron chi connectivity index (χ2n) is 6.21. The van der Waals surface area contributed by atoms with Crippen LogP contribution in [-0.4, -0.2) is 51.8 Å². The number of imidazole rings is 1. The molecule has 2 saturated heterocycles. The molecule has 0 radical (unpaired) electrons. The van der Waals surface area contributed by atoms with Crippen LogP contribution in [0.5, 0.6) is 0 Å². The topological polar surface area (TPSA) is 97.6 Å². The average molecular weight is 344 g/mol. The molecule has 2 aromatic rings. The van der Waals surface area contributed by atoms with Crippen LogP contribution in [0.3, 0.4) is 0 Å². The number of nitrogens with zero attached hydrogens (tertiary/aromatic N) is 2. The summed E-state index contributed by atoms with van der Waals surface area (Å²) in [4.78, 5) is 16.3. The highest BCUT2D eigenvalue weighted by Gasteiger charge is 2.51. The molecule has 0 spiro atoms. The number of urea groups is 1. The number of rotatable bonds is 4. The summed E-state index contributed by atoms with van der Waals surface area (Å²) in [6, 6.07) is 8.24. The van der Waals surface area contributed by atoms with E-state index in [1.165, 1.54) is 0 Å². The highest BCUT2D eigenvalue weighted by Crippen LogP contribution is 2.35. The molecule has 0 saturated carbocycles. The molecule has 2 aliphatic heterocycles. The Balaban J connectivity index is 1.41. The number of benzene rings is 1. The van der Waals surface area contributed by atoms with Gasteiger partial charge in [0.2, 0.25) is 0 Å². The van der Waals surface area contributed by atoms with Crippen LogP contribution in [0.1, 0.15) is 11.6 Å². The first-order chi connectivity index (χ1) is 12.2. The van der Waals surface area contributed by atoms with Crippen LogP contribution in [0.15, 0.2) is 49.1 Å². The Morgan fingerprint density at radius 3 is 2.96 bits per heavy atom. The largest absolute Gasteiger partial charge is 0.388 e. The van der Waals surface area contributed by atoms with Crippen molar-refractivity contribution in [2.75, 3.05) is 6.61 Å². The molecule has 2 aliphatic rings. The van der Waals surface area contributed by atoms with Gasteiger partial charge < -0.3 is 29.8 Å². The number of aliphatic hydroxyl groups is 1. The molecule has 2 amide bonds. The van der Waals surface area contributed by atoms with E-state index in [2.05, 4.69) is 15.6 Å². The first-order valence-electron chi connectivity index (χ1n) is 8.23. The number of fused-ring (bicyclic) bond motifs is 2. The Kier molecular flexibility index (Phi) is 4.39. The van der Waals surface area contributed by atoms with Crippen LogP contribution in [0.4, 0.5) is 4.79 Å². The standard InChI is InChI=1S/C17H20N4O4/c22-15-13(20-17(23)19-8-11-4-2-1-3-5-11)12-9-24-16(25-12)14(15)21-7-6-18-10-21/h1-7,10,12-16,22H,8-9H2,(H2,19,20,23). The first kappa shape index (κ1) is 16.1. The molecule has 132 valence electrons. The molecule has 2 fully saturated rings. The average Bonchev–Trinajstić information content (AvgIpc) is 3.30. The molecule has 5 unspecified atom stereocenters. The van der Waals surface area contributed by atoms with Crippen molar-refractivity contribution in [2.45, 2.75) is 37.1 Å². The van der Waals surface area contributed by atoms with Crippen LogP contribution < -0.4 is 10.6 Å². The lowest BCUT2D eigenvalue weighted by molar-refractivity contribution is -0.163. The van der Waals surface area contributed by atoms with E-state index in [0.717, 1.165) is 5.56 Å². The Bertz CT molecular complexity index is 709. The summed E-state index contributed by atoms with van der Waals surface area (Å²) in [7, 11) is 0. The van der Waals surface area contributed by atoms with E-state index >= 15 is 0 Å². The minimum Gasteiger partial charge on any atom is -0.388 e. The molecular weight excluding hydrogens is 324 g/mol. The second-order valence-corrected chi connectivity index (χ2v) is 6.21. The molecule has 8 nitrogen and oxygen atoms in total. The van der Waals surface area contributed by atoms with Crippen LogP contribution >= 0.6 is 0 Å². The van der Waals surface area contributed by atoms with Gasteiger partial charge in [-0.1, -0.05) is 30.3 Å². The number of nitrogens with one attached hydrogen (secondary N) is 2. The number of aliphatic hydroxyl groups excluding tert-OH is 1. The van der Waals surface area contributed by atoms with Gasteiger partial charge in [-0.2, -0.15) is 0 Å². The van der Waals surface area contributed by atoms with Crippen molar-refractivity contribution in [3.8, 4) is 0 Å². The van der Waals surface area contributed by atoms with Crippen molar-refractivity contribution < 1.29 is 19.4 Å². The number of carbonyl (C=O) groups excluding carboxylic acids is 1. The van der Waals surface area contributed by atoms with E-state index in [4.69, 9.17) is 9.47 Å². The third-order valence-electron chi connectivity index (χ3n) is 4.59. The SMILES string of the molecule is O=C(NCc1ccccc1)NC1C2COC(O2)C(n2ccnc2)C1O. The normalized spacial score (nSPS) is 30.8. The van der Waals surface area contributed by atoms with Gasteiger partial charge in [0.25, 0.3) is 0 Å². The molecule has 1 aromatic heterocycles. The molecule has 25 heavy (non-hydrogen) atoms. The lowest BCUT2D eigenvalue weighted by atomic mass is 9.96. The fourth-order valence-corrected chi connectivity index (χ4v) is 3.32. The first-order valence-corrected chi connectivity index (χ1v) is 8.23. The smallest absolute Gasteiger partial charge is 0.315 e. The lowest BCUT2D eigenvalue weighted by Gasteiger charge is -2.38. The van der Waals surface area contributed by atoms with Crippen LogP contribution in [-0.2, 0) is 16.0 Å². The molecule has 5 atom stereocenters.